The highest BCUT2D eigenvalue weighted by atomic mass is 79.9. The van der Waals surface area contributed by atoms with Crippen molar-refractivity contribution in [2.75, 3.05) is 13.2 Å². The zero-order chi connectivity index (χ0) is 13.4. The van der Waals surface area contributed by atoms with Gasteiger partial charge in [-0.15, -0.1) is 11.3 Å². The van der Waals surface area contributed by atoms with Crippen molar-refractivity contribution in [2.45, 2.75) is 36.4 Å². The molecule has 2 heterocycles. The molecule has 1 saturated heterocycles. The van der Waals surface area contributed by atoms with Gasteiger partial charge in [0.15, 0.2) is 0 Å². The molecule has 0 amide bonds. The normalized spacial score (nSPS) is 19.9. The van der Waals surface area contributed by atoms with Crippen molar-refractivity contribution in [3.8, 4) is 0 Å². The maximum Gasteiger partial charge on any atom is 0.250 e. The molecule has 1 fully saturated rings. The molecule has 0 aromatic carbocycles. The Morgan fingerprint density at radius 1 is 1.44 bits per heavy atom. The van der Waals surface area contributed by atoms with Crippen LogP contribution in [0.1, 0.15) is 25.3 Å². The van der Waals surface area contributed by atoms with E-state index in [2.05, 4.69) is 20.7 Å². The molecule has 1 aliphatic rings. The van der Waals surface area contributed by atoms with Gasteiger partial charge in [0.1, 0.15) is 4.21 Å². The molecule has 0 aliphatic carbocycles. The summed E-state index contributed by atoms with van der Waals surface area (Å²) < 4.78 is 33.9. The zero-order valence-electron chi connectivity index (χ0n) is 10.3. The van der Waals surface area contributed by atoms with E-state index in [-0.39, 0.29) is 0 Å². The highest BCUT2D eigenvalue weighted by molar-refractivity contribution is 9.11. The first-order chi connectivity index (χ1) is 8.32. The van der Waals surface area contributed by atoms with Crippen LogP contribution in [0.2, 0.25) is 0 Å². The summed E-state index contributed by atoms with van der Waals surface area (Å²) in [4.78, 5) is 0. The lowest BCUT2D eigenvalue weighted by Crippen LogP contribution is -2.49. The van der Waals surface area contributed by atoms with Crippen molar-refractivity contribution in [3.63, 3.8) is 0 Å². The van der Waals surface area contributed by atoms with E-state index >= 15 is 0 Å². The van der Waals surface area contributed by atoms with E-state index < -0.39 is 15.6 Å². The lowest BCUT2D eigenvalue weighted by molar-refractivity contribution is 0.0538. The molecule has 7 heteroatoms. The van der Waals surface area contributed by atoms with Crippen molar-refractivity contribution in [2.24, 2.45) is 0 Å². The lowest BCUT2D eigenvalue weighted by atomic mass is 9.94. The first kappa shape index (κ1) is 14.5. The fraction of sp³-hybridized carbons (Fsp3) is 0.636. The average Bonchev–Trinajstić information content (AvgIpc) is 2.59. The molecule has 0 atom stereocenters. The predicted octanol–water partition coefficient (Wildman–Crippen LogP) is 2.67. The van der Waals surface area contributed by atoms with Crippen LogP contribution in [0.5, 0.6) is 0 Å². The molecule has 2 rings (SSSR count). The third kappa shape index (κ3) is 3.14. The minimum atomic E-state index is -3.44. The Kier molecular flexibility index (Phi) is 4.18. The molecule has 1 aliphatic heterocycles. The summed E-state index contributed by atoms with van der Waals surface area (Å²) in [6.07, 6.45) is 1.41. The number of nitrogens with one attached hydrogen (secondary N) is 1. The Morgan fingerprint density at radius 3 is 2.56 bits per heavy atom. The van der Waals surface area contributed by atoms with E-state index in [9.17, 15) is 8.42 Å². The Labute approximate surface area is 120 Å². The fourth-order valence-electron chi connectivity index (χ4n) is 1.86. The Bertz CT molecular complexity index is 513. The lowest BCUT2D eigenvalue weighted by Gasteiger charge is -2.33. The SMILES string of the molecule is Cc1cc(S(=O)(=O)NC2(C)CCOCC2)sc1Br. The molecule has 18 heavy (non-hydrogen) atoms. The van der Waals surface area contributed by atoms with Gasteiger partial charge in [-0.3, -0.25) is 0 Å². The van der Waals surface area contributed by atoms with Gasteiger partial charge in [-0.25, -0.2) is 13.1 Å². The summed E-state index contributed by atoms with van der Waals surface area (Å²) in [5.41, 5.74) is 0.541. The third-order valence-corrected chi connectivity index (χ3v) is 7.33. The van der Waals surface area contributed by atoms with Crippen LogP contribution in [-0.2, 0) is 14.8 Å². The first-order valence-electron chi connectivity index (χ1n) is 5.70. The van der Waals surface area contributed by atoms with Crippen LogP contribution >= 0.6 is 27.3 Å². The minimum absolute atomic E-state index is 0.361. The molecule has 0 bridgehead atoms. The highest BCUT2D eigenvalue weighted by Crippen LogP contribution is 2.32. The van der Waals surface area contributed by atoms with Crippen LogP contribution in [0, 0.1) is 6.92 Å². The Morgan fingerprint density at radius 2 is 2.06 bits per heavy atom. The van der Waals surface area contributed by atoms with Crippen LogP contribution in [0.15, 0.2) is 14.1 Å². The highest BCUT2D eigenvalue weighted by Gasteiger charge is 2.33. The summed E-state index contributed by atoms with van der Waals surface area (Å²) in [5, 5.41) is 0. The van der Waals surface area contributed by atoms with Gasteiger partial charge in [0.2, 0.25) is 0 Å². The van der Waals surface area contributed by atoms with Gasteiger partial charge in [0.25, 0.3) is 10.0 Å². The van der Waals surface area contributed by atoms with E-state index in [4.69, 9.17) is 4.74 Å². The fourth-order valence-corrected chi connectivity index (χ4v) is 5.55. The molecule has 0 saturated carbocycles. The van der Waals surface area contributed by atoms with Gasteiger partial charge in [-0.1, -0.05) is 0 Å². The largest absolute Gasteiger partial charge is 0.381 e. The predicted molar refractivity (Wildman–Crippen MR) is 75.5 cm³/mol. The van der Waals surface area contributed by atoms with Crippen molar-refractivity contribution < 1.29 is 13.2 Å². The van der Waals surface area contributed by atoms with Gasteiger partial charge >= 0.3 is 0 Å². The summed E-state index contributed by atoms with van der Waals surface area (Å²) in [6.45, 7) is 5.02. The van der Waals surface area contributed by atoms with Gasteiger partial charge in [-0.2, -0.15) is 0 Å². The van der Waals surface area contributed by atoms with Gasteiger partial charge in [-0.05, 0) is 54.2 Å². The van der Waals surface area contributed by atoms with Crippen LogP contribution in [0.3, 0.4) is 0 Å². The van der Waals surface area contributed by atoms with Crippen molar-refractivity contribution >= 4 is 37.3 Å². The van der Waals surface area contributed by atoms with Crippen LogP contribution in [0.25, 0.3) is 0 Å². The molecule has 0 radical (unpaired) electrons. The summed E-state index contributed by atoms with van der Waals surface area (Å²) in [7, 11) is -3.44. The van der Waals surface area contributed by atoms with E-state index in [1.807, 2.05) is 13.8 Å². The van der Waals surface area contributed by atoms with E-state index in [0.717, 1.165) is 9.35 Å². The molecule has 102 valence electrons. The molecule has 1 aromatic heterocycles. The number of halogens is 1. The second kappa shape index (κ2) is 5.20. The second-order valence-electron chi connectivity index (χ2n) is 4.80. The molecule has 1 N–H and O–H groups in total. The summed E-state index contributed by atoms with van der Waals surface area (Å²) in [6, 6.07) is 1.69. The molecule has 4 nitrogen and oxygen atoms in total. The van der Waals surface area contributed by atoms with Gasteiger partial charge in [0, 0.05) is 18.8 Å². The molecule has 1 aromatic rings. The number of ether oxygens (including phenoxy) is 1. The Balaban J connectivity index is 2.21. The second-order valence-corrected chi connectivity index (χ2v) is 9.08. The van der Waals surface area contributed by atoms with Crippen molar-refractivity contribution in [1.82, 2.24) is 4.72 Å². The Hall–Kier alpha value is 0.0500. The average molecular weight is 354 g/mol. The van der Waals surface area contributed by atoms with E-state index in [1.165, 1.54) is 11.3 Å². The number of sulfonamides is 1. The summed E-state index contributed by atoms with van der Waals surface area (Å²) >= 11 is 4.60. The maximum atomic E-state index is 12.3. The number of hydrogen-bond donors (Lipinski definition) is 1. The quantitative estimate of drug-likeness (QED) is 0.908. The minimum Gasteiger partial charge on any atom is -0.381 e. The number of rotatable bonds is 3. The van der Waals surface area contributed by atoms with Crippen LogP contribution < -0.4 is 4.72 Å². The standard InChI is InChI=1S/C11H16BrNO3S2/c1-8-7-9(17-10(8)12)18(14,15)13-11(2)3-5-16-6-4-11/h7,13H,3-6H2,1-2H3. The molecule has 0 unspecified atom stereocenters. The van der Waals surface area contributed by atoms with E-state index in [1.54, 1.807) is 6.07 Å². The third-order valence-electron chi connectivity index (χ3n) is 3.08. The van der Waals surface area contributed by atoms with Crippen molar-refractivity contribution in [1.29, 1.82) is 0 Å². The number of hydrogen-bond acceptors (Lipinski definition) is 4. The zero-order valence-corrected chi connectivity index (χ0v) is 13.5. The first-order valence-corrected chi connectivity index (χ1v) is 8.79. The van der Waals surface area contributed by atoms with Crippen LogP contribution in [-0.4, -0.2) is 27.2 Å². The summed E-state index contributed by atoms with van der Waals surface area (Å²) in [5.74, 6) is 0. The topological polar surface area (TPSA) is 55.4 Å². The maximum absolute atomic E-state index is 12.3. The molecular formula is C11H16BrNO3S2. The van der Waals surface area contributed by atoms with Gasteiger partial charge < -0.3 is 4.74 Å². The van der Waals surface area contributed by atoms with E-state index in [0.29, 0.717) is 30.3 Å². The molecule has 0 spiro atoms. The smallest absolute Gasteiger partial charge is 0.250 e. The monoisotopic (exact) mass is 353 g/mol. The van der Waals surface area contributed by atoms with Crippen molar-refractivity contribution in [3.05, 3.63) is 15.4 Å². The number of aryl methyl sites for hydroxylation is 1. The number of thiophene rings is 1. The molecular weight excluding hydrogens is 338 g/mol. The van der Waals surface area contributed by atoms with Gasteiger partial charge in [0.05, 0.1) is 3.79 Å². The van der Waals surface area contributed by atoms with Crippen LogP contribution in [0.4, 0.5) is 0 Å².